The number of amidine groups is 1. The van der Waals surface area contributed by atoms with Crippen molar-refractivity contribution in [3.05, 3.63) is 54.1 Å². The molecule has 176 valence electrons. The maximum absolute atomic E-state index is 12.7. The molecule has 1 aromatic heterocycles. The van der Waals surface area contributed by atoms with Crippen LogP contribution in [0.25, 0.3) is 22.5 Å². The van der Waals surface area contributed by atoms with Gasteiger partial charge in [0.25, 0.3) is 0 Å². The van der Waals surface area contributed by atoms with Crippen LogP contribution in [0.15, 0.2) is 53.5 Å². The van der Waals surface area contributed by atoms with Gasteiger partial charge < -0.3 is 9.64 Å². The summed E-state index contributed by atoms with van der Waals surface area (Å²) in [5, 5.41) is 17.3. The standard InChI is InChI=1S/C23H26N8O2S/c1-2-20-27-31(23(34-20)24-22(32)30-11-13-33-14-12-30)15-16-7-9-17(10-8-16)18-5-3-4-6-19(18)21-25-28-29-26-21/h3-10,20,27H,2,11-15H2,1H3,(H,25,26,28,29). The fourth-order valence-electron chi connectivity index (χ4n) is 3.91. The lowest BCUT2D eigenvalue weighted by atomic mass is 9.98. The van der Waals surface area contributed by atoms with Crippen molar-refractivity contribution in [1.29, 1.82) is 0 Å². The molecule has 2 N–H and O–H groups in total. The first kappa shape index (κ1) is 22.5. The molecule has 2 aliphatic heterocycles. The summed E-state index contributed by atoms with van der Waals surface area (Å²) in [5.41, 5.74) is 7.60. The molecular formula is C23H26N8O2S. The van der Waals surface area contributed by atoms with E-state index < -0.39 is 0 Å². The smallest absolute Gasteiger partial charge is 0.346 e. The molecule has 10 nitrogen and oxygen atoms in total. The Hall–Kier alpha value is -3.28. The number of morpholine rings is 1. The number of amides is 2. The monoisotopic (exact) mass is 478 g/mol. The minimum Gasteiger partial charge on any atom is -0.378 e. The summed E-state index contributed by atoms with van der Waals surface area (Å²) < 4.78 is 5.34. The van der Waals surface area contributed by atoms with E-state index in [1.807, 2.05) is 29.3 Å². The summed E-state index contributed by atoms with van der Waals surface area (Å²) in [6.07, 6.45) is 0.928. The number of urea groups is 1. The number of H-pyrrole nitrogens is 1. The number of hydrogen-bond donors (Lipinski definition) is 2. The summed E-state index contributed by atoms with van der Waals surface area (Å²) in [6.45, 7) is 5.00. The van der Waals surface area contributed by atoms with Crippen molar-refractivity contribution in [2.24, 2.45) is 4.99 Å². The number of benzene rings is 2. The van der Waals surface area contributed by atoms with E-state index in [2.05, 4.69) is 62.2 Å². The van der Waals surface area contributed by atoms with Gasteiger partial charge in [0.2, 0.25) is 5.82 Å². The lowest BCUT2D eigenvalue weighted by molar-refractivity contribution is 0.0555. The average molecular weight is 479 g/mol. The molecule has 0 aliphatic carbocycles. The lowest BCUT2D eigenvalue weighted by Gasteiger charge is -2.25. The lowest BCUT2D eigenvalue weighted by Crippen LogP contribution is -2.41. The van der Waals surface area contributed by atoms with Crippen LogP contribution in [-0.4, -0.2) is 73.4 Å². The molecule has 0 bridgehead atoms. The summed E-state index contributed by atoms with van der Waals surface area (Å²) in [7, 11) is 0. The third-order valence-corrected chi connectivity index (χ3v) is 6.99. The number of aromatic amines is 1. The number of carbonyl (C=O) groups is 1. The van der Waals surface area contributed by atoms with Gasteiger partial charge >= 0.3 is 6.03 Å². The number of hydrogen-bond acceptors (Lipinski definition) is 7. The van der Waals surface area contributed by atoms with E-state index >= 15 is 0 Å². The van der Waals surface area contributed by atoms with Crippen LogP contribution in [0.2, 0.25) is 0 Å². The zero-order valence-electron chi connectivity index (χ0n) is 18.8. The molecular weight excluding hydrogens is 452 g/mol. The van der Waals surface area contributed by atoms with Crippen LogP contribution < -0.4 is 5.43 Å². The van der Waals surface area contributed by atoms with E-state index in [4.69, 9.17) is 4.74 Å². The largest absolute Gasteiger partial charge is 0.378 e. The number of nitrogens with one attached hydrogen (secondary N) is 2. The molecule has 2 aromatic carbocycles. The van der Waals surface area contributed by atoms with Crippen molar-refractivity contribution >= 4 is 23.0 Å². The van der Waals surface area contributed by atoms with E-state index in [0.717, 1.165) is 28.7 Å². The Kier molecular flexibility index (Phi) is 6.84. The highest BCUT2D eigenvalue weighted by Crippen LogP contribution is 2.30. The van der Waals surface area contributed by atoms with Crippen LogP contribution in [0.5, 0.6) is 0 Å². The van der Waals surface area contributed by atoms with Crippen molar-refractivity contribution in [1.82, 2.24) is 36.0 Å². The number of nitrogens with zero attached hydrogens (tertiary/aromatic N) is 6. The van der Waals surface area contributed by atoms with Crippen LogP contribution in [-0.2, 0) is 11.3 Å². The quantitative estimate of drug-likeness (QED) is 0.575. The first-order valence-electron chi connectivity index (χ1n) is 11.3. The molecule has 3 aromatic rings. The minimum atomic E-state index is -0.206. The summed E-state index contributed by atoms with van der Waals surface area (Å²) in [5.74, 6) is 0.564. The van der Waals surface area contributed by atoms with Gasteiger partial charge in [0.1, 0.15) is 0 Å². The molecule has 2 aliphatic rings. The van der Waals surface area contributed by atoms with Crippen LogP contribution in [0.3, 0.4) is 0 Å². The Morgan fingerprint density at radius 3 is 2.62 bits per heavy atom. The van der Waals surface area contributed by atoms with E-state index in [9.17, 15) is 4.79 Å². The molecule has 0 saturated carbocycles. The molecule has 11 heteroatoms. The highest BCUT2D eigenvalue weighted by molar-refractivity contribution is 8.14. The van der Waals surface area contributed by atoms with Crippen LogP contribution in [0, 0.1) is 0 Å². The van der Waals surface area contributed by atoms with E-state index in [-0.39, 0.29) is 11.4 Å². The molecule has 2 amide bonds. The Morgan fingerprint density at radius 1 is 1.15 bits per heavy atom. The fraction of sp³-hybridized carbons (Fsp3) is 0.348. The maximum atomic E-state index is 12.7. The van der Waals surface area contributed by atoms with Gasteiger partial charge in [-0.3, -0.25) is 5.01 Å². The third-order valence-electron chi connectivity index (χ3n) is 5.74. The van der Waals surface area contributed by atoms with E-state index in [0.29, 0.717) is 43.8 Å². The fourth-order valence-corrected chi connectivity index (χ4v) is 4.88. The summed E-state index contributed by atoms with van der Waals surface area (Å²) >= 11 is 1.59. The number of tetrazole rings is 1. The summed E-state index contributed by atoms with van der Waals surface area (Å²) in [6, 6.07) is 16.1. The first-order chi connectivity index (χ1) is 16.7. The number of thioether (sulfide) groups is 1. The Bertz CT molecular complexity index is 1150. The van der Waals surface area contributed by atoms with E-state index in [1.165, 1.54) is 0 Å². The molecule has 1 atom stereocenters. The zero-order valence-corrected chi connectivity index (χ0v) is 19.7. The number of aliphatic imine (C=N–C) groups is 1. The van der Waals surface area contributed by atoms with Crippen molar-refractivity contribution in [2.75, 3.05) is 26.3 Å². The van der Waals surface area contributed by atoms with Gasteiger partial charge in [0.15, 0.2) is 5.17 Å². The van der Waals surface area contributed by atoms with Crippen LogP contribution in [0.4, 0.5) is 4.79 Å². The number of ether oxygens (including phenoxy) is 1. The normalized spacial score (nSPS) is 19.7. The van der Waals surface area contributed by atoms with Crippen molar-refractivity contribution < 1.29 is 9.53 Å². The molecule has 0 radical (unpaired) electrons. The number of hydrazine groups is 1. The van der Waals surface area contributed by atoms with Crippen molar-refractivity contribution in [2.45, 2.75) is 25.3 Å². The maximum Gasteiger partial charge on any atom is 0.346 e. The van der Waals surface area contributed by atoms with Gasteiger partial charge in [-0.25, -0.2) is 10.2 Å². The average Bonchev–Trinajstić information content (AvgIpc) is 3.56. The number of rotatable bonds is 5. The Morgan fingerprint density at radius 2 is 1.91 bits per heavy atom. The molecule has 5 rings (SSSR count). The predicted molar refractivity (Wildman–Crippen MR) is 131 cm³/mol. The van der Waals surface area contributed by atoms with Crippen molar-refractivity contribution in [3.8, 4) is 22.5 Å². The molecule has 34 heavy (non-hydrogen) atoms. The van der Waals surface area contributed by atoms with E-state index in [1.54, 1.807) is 16.7 Å². The molecule has 1 unspecified atom stereocenters. The highest BCUT2D eigenvalue weighted by Gasteiger charge is 2.29. The van der Waals surface area contributed by atoms with Gasteiger partial charge in [-0.2, -0.15) is 10.2 Å². The van der Waals surface area contributed by atoms with Gasteiger partial charge in [-0.1, -0.05) is 67.2 Å². The van der Waals surface area contributed by atoms with Crippen molar-refractivity contribution in [3.63, 3.8) is 0 Å². The van der Waals surface area contributed by atoms with Gasteiger partial charge in [-0.15, -0.1) is 10.2 Å². The molecule has 0 spiro atoms. The third kappa shape index (κ3) is 4.96. The molecule has 2 saturated heterocycles. The Labute approximate surface area is 201 Å². The van der Waals surface area contributed by atoms with Gasteiger partial charge in [0.05, 0.1) is 25.1 Å². The first-order valence-corrected chi connectivity index (χ1v) is 12.2. The number of carbonyl (C=O) groups excluding carboxylic acids is 1. The van der Waals surface area contributed by atoms with Crippen LogP contribution in [0.1, 0.15) is 18.9 Å². The second kappa shape index (κ2) is 10.3. The van der Waals surface area contributed by atoms with Crippen LogP contribution >= 0.6 is 11.8 Å². The molecule has 2 fully saturated rings. The molecule has 3 heterocycles. The summed E-state index contributed by atoms with van der Waals surface area (Å²) in [4.78, 5) is 18.8. The minimum absolute atomic E-state index is 0.192. The highest BCUT2D eigenvalue weighted by atomic mass is 32.2. The second-order valence-electron chi connectivity index (χ2n) is 7.98. The van der Waals surface area contributed by atoms with Gasteiger partial charge in [0, 0.05) is 18.7 Å². The predicted octanol–water partition coefficient (Wildman–Crippen LogP) is 3.13. The van der Waals surface area contributed by atoms with Gasteiger partial charge in [-0.05, 0) is 28.3 Å². The SMILES string of the molecule is CCC1NN(Cc2ccc(-c3ccccc3-c3nn[nH]n3)cc2)C(=NC(=O)N2CCOCC2)S1. The Balaban J connectivity index is 1.33. The number of aromatic nitrogens is 4. The second-order valence-corrected chi connectivity index (χ2v) is 9.15. The topological polar surface area (TPSA) is 112 Å². The zero-order chi connectivity index (χ0) is 23.3.